The van der Waals surface area contributed by atoms with E-state index in [0.29, 0.717) is 12.3 Å². The van der Waals surface area contributed by atoms with E-state index in [9.17, 15) is 8.78 Å². The van der Waals surface area contributed by atoms with E-state index in [-0.39, 0.29) is 5.75 Å². The van der Waals surface area contributed by atoms with Crippen molar-refractivity contribution in [2.75, 3.05) is 7.05 Å². The van der Waals surface area contributed by atoms with Crippen molar-refractivity contribution in [3.05, 3.63) is 53.9 Å². The molecule has 5 heteroatoms. The molecule has 1 heterocycles. The minimum atomic E-state index is -0.742. The zero-order chi connectivity index (χ0) is 13.0. The van der Waals surface area contributed by atoms with Crippen molar-refractivity contribution in [2.24, 2.45) is 0 Å². The molecule has 1 N–H and O–H groups in total. The summed E-state index contributed by atoms with van der Waals surface area (Å²) in [6.07, 6.45) is 3.16. The molecule has 1 aromatic carbocycles. The number of hydrogen-bond acceptors (Lipinski definition) is 3. The number of halogens is 2. The SMILES string of the molecule is CNCc1cncc(Oc2ccc(F)cc2F)c1. The summed E-state index contributed by atoms with van der Waals surface area (Å²) < 4.78 is 31.4. The molecule has 18 heavy (non-hydrogen) atoms. The number of ether oxygens (including phenoxy) is 1. The Morgan fingerprint density at radius 2 is 2.06 bits per heavy atom. The van der Waals surface area contributed by atoms with E-state index in [1.165, 1.54) is 12.3 Å². The monoisotopic (exact) mass is 250 g/mol. The van der Waals surface area contributed by atoms with Crippen LogP contribution in [0.2, 0.25) is 0 Å². The van der Waals surface area contributed by atoms with Crippen LogP contribution in [0, 0.1) is 11.6 Å². The van der Waals surface area contributed by atoms with E-state index in [1.54, 1.807) is 12.3 Å². The Morgan fingerprint density at radius 1 is 1.22 bits per heavy atom. The van der Waals surface area contributed by atoms with E-state index in [0.717, 1.165) is 17.7 Å². The lowest BCUT2D eigenvalue weighted by molar-refractivity contribution is 0.435. The first kappa shape index (κ1) is 12.4. The zero-order valence-corrected chi connectivity index (χ0v) is 9.78. The summed E-state index contributed by atoms with van der Waals surface area (Å²) in [5, 5.41) is 2.97. The van der Waals surface area contributed by atoms with Gasteiger partial charge in [-0.3, -0.25) is 4.98 Å². The molecule has 0 fully saturated rings. The minimum absolute atomic E-state index is 0.0280. The van der Waals surface area contributed by atoms with Gasteiger partial charge in [0.2, 0.25) is 0 Å². The van der Waals surface area contributed by atoms with E-state index in [2.05, 4.69) is 10.3 Å². The van der Waals surface area contributed by atoms with E-state index in [4.69, 9.17) is 4.74 Å². The molecule has 0 saturated heterocycles. The van der Waals surface area contributed by atoms with E-state index >= 15 is 0 Å². The fraction of sp³-hybridized carbons (Fsp3) is 0.154. The Morgan fingerprint density at radius 3 is 2.78 bits per heavy atom. The maximum Gasteiger partial charge on any atom is 0.168 e. The third-order valence-electron chi connectivity index (χ3n) is 2.27. The lowest BCUT2D eigenvalue weighted by Crippen LogP contribution is -2.05. The number of nitrogens with zero attached hydrogens (tertiary/aromatic N) is 1. The van der Waals surface area contributed by atoms with Crippen molar-refractivity contribution >= 4 is 0 Å². The Labute approximate surface area is 103 Å². The quantitative estimate of drug-likeness (QED) is 0.906. The first-order valence-corrected chi connectivity index (χ1v) is 5.40. The van der Waals surface area contributed by atoms with Crippen LogP contribution < -0.4 is 10.1 Å². The standard InChI is InChI=1S/C13H12F2N2O/c1-16-6-9-4-11(8-17-7-9)18-13-3-2-10(14)5-12(13)15/h2-5,7-8,16H,6H2,1H3. The summed E-state index contributed by atoms with van der Waals surface area (Å²) in [6.45, 7) is 0.635. The van der Waals surface area contributed by atoms with Gasteiger partial charge >= 0.3 is 0 Å². The fourth-order valence-corrected chi connectivity index (χ4v) is 1.51. The van der Waals surface area contributed by atoms with Crippen molar-refractivity contribution in [3.8, 4) is 11.5 Å². The topological polar surface area (TPSA) is 34.2 Å². The van der Waals surface area contributed by atoms with Gasteiger partial charge in [-0.15, -0.1) is 0 Å². The van der Waals surface area contributed by atoms with Crippen LogP contribution in [0.3, 0.4) is 0 Å². The highest BCUT2D eigenvalue weighted by Crippen LogP contribution is 2.24. The van der Waals surface area contributed by atoms with Crippen LogP contribution in [0.5, 0.6) is 11.5 Å². The summed E-state index contributed by atoms with van der Waals surface area (Å²) >= 11 is 0. The van der Waals surface area contributed by atoms with Gasteiger partial charge in [-0.2, -0.15) is 0 Å². The summed E-state index contributed by atoms with van der Waals surface area (Å²) in [5.74, 6) is -0.996. The van der Waals surface area contributed by atoms with Crippen molar-refractivity contribution in [3.63, 3.8) is 0 Å². The third kappa shape index (κ3) is 3.01. The maximum absolute atomic E-state index is 13.4. The summed E-state index contributed by atoms with van der Waals surface area (Å²) in [7, 11) is 1.81. The zero-order valence-electron chi connectivity index (χ0n) is 9.78. The van der Waals surface area contributed by atoms with Crippen molar-refractivity contribution < 1.29 is 13.5 Å². The lowest BCUT2D eigenvalue weighted by Gasteiger charge is -2.07. The molecule has 2 rings (SSSR count). The molecule has 94 valence electrons. The van der Waals surface area contributed by atoms with Crippen molar-refractivity contribution in [1.82, 2.24) is 10.3 Å². The molecule has 0 spiro atoms. The lowest BCUT2D eigenvalue weighted by atomic mass is 10.2. The number of pyridine rings is 1. The van der Waals surface area contributed by atoms with Crippen LogP contribution in [0.4, 0.5) is 8.78 Å². The molecule has 0 saturated carbocycles. The molecule has 2 aromatic rings. The first-order chi connectivity index (χ1) is 8.69. The van der Waals surface area contributed by atoms with Gasteiger partial charge in [-0.25, -0.2) is 8.78 Å². The minimum Gasteiger partial charge on any atom is -0.453 e. The molecule has 0 aliphatic carbocycles. The second-order valence-electron chi connectivity index (χ2n) is 3.74. The van der Waals surface area contributed by atoms with Gasteiger partial charge in [0.05, 0.1) is 6.20 Å². The Kier molecular flexibility index (Phi) is 3.84. The van der Waals surface area contributed by atoms with Crippen LogP contribution in [0.25, 0.3) is 0 Å². The molecule has 0 aliphatic rings. The average molecular weight is 250 g/mol. The van der Waals surface area contributed by atoms with Gasteiger partial charge < -0.3 is 10.1 Å². The highest BCUT2D eigenvalue weighted by molar-refractivity contribution is 5.32. The van der Waals surface area contributed by atoms with Gasteiger partial charge in [0.1, 0.15) is 11.6 Å². The fourth-order valence-electron chi connectivity index (χ4n) is 1.51. The van der Waals surface area contributed by atoms with Gasteiger partial charge in [-0.1, -0.05) is 0 Å². The highest BCUT2D eigenvalue weighted by atomic mass is 19.1. The van der Waals surface area contributed by atoms with Crippen molar-refractivity contribution in [1.29, 1.82) is 0 Å². The molecule has 0 atom stereocenters. The highest BCUT2D eigenvalue weighted by Gasteiger charge is 2.06. The van der Waals surface area contributed by atoms with Crippen LogP contribution in [0.1, 0.15) is 5.56 Å². The smallest absolute Gasteiger partial charge is 0.168 e. The van der Waals surface area contributed by atoms with Crippen LogP contribution in [-0.4, -0.2) is 12.0 Å². The molecule has 1 aromatic heterocycles. The molecular formula is C13H12F2N2O. The second kappa shape index (κ2) is 5.55. The van der Waals surface area contributed by atoms with Crippen molar-refractivity contribution in [2.45, 2.75) is 6.54 Å². The molecule has 0 aliphatic heterocycles. The first-order valence-electron chi connectivity index (χ1n) is 5.40. The summed E-state index contributed by atoms with van der Waals surface area (Å²) in [6, 6.07) is 4.91. The molecule has 0 unspecified atom stereocenters. The van der Waals surface area contributed by atoms with E-state index in [1.807, 2.05) is 7.05 Å². The predicted molar refractivity (Wildman–Crippen MR) is 63.4 cm³/mol. The molecular weight excluding hydrogens is 238 g/mol. The summed E-state index contributed by atoms with van der Waals surface area (Å²) in [4.78, 5) is 3.99. The Balaban J connectivity index is 2.20. The normalized spacial score (nSPS) is 10.4. The third-order valence-corrected chi connectivity index (χ3v) is 2.27. The molecule has 0 amide bonds. The van der Waals surface area contributed by atoms with Gasteiger partial charge in [0.15, 0.2) is 11.6 Å². The van der Waals surface area contributed by atoms with Crippen LogP contribution >= 0.6 is 0 Å². The maximum atomic E-state index is 13.4. The second-order valence-corrected chi connectivity index (χ2v) is 3.74. The number of nitrogens with one attached hydrogen (secondary N) is 1. The Hall–Kier alpha value is -2.01. The van der Waals surface area contributed by atoms with Gasteiger partial charge in [-0.05, 0) is 30.8 Å². The summed E-state index contributed by atoms with van der Waals surface area (Å²) in [5.41, 5.74) is 0.914. The Bertz CT molecular complexity index is 546. The van der Waals surface area contributed by atoms with Gasteiger partial charge in [0, 0.05) is 18.8 Å². The van der Waals surface area contributed by atoms with Crippen LogP contribution in [-0.2, 0) is 6.54 Å². The largest absolute Gasteiger partial charge is 0.453 e. The van der Waals surface area contributed by atoms with Gasteiger partial charge in [0.25, 0.3) is 0 Å². The average Bonchev–Trinajstić information content (AvgIpc) is 2.34. The molecule has 0 bridgehead atoms. The van der Waals surface area contributed by atoms with Crippen LogP contribution in [0.15, 0.2) is 36.7 Å². The number of hydrogen-bond donors (Lipinski definition) is 1. The number of rotatable bonds is 4. The molecule has 0 radical (unpaired) electrons. The number of aromatic nitrogens is 1. The number of benzene rings is 1. The van der Waals surface area contributed by atoms with E-state index < -0.39 is 11.6 Å². The predicted octanol–water partition coefficient (Wildman–Crippen LogP) is 2.87. The molecule has 3 nitrogen and oxygen atoms in total.